The van der Waals surface area contributed by atoms with Crippen LogP contribution in [0.3, 0.4) is 0 Å². The maximum Gasteiger partial charge on any atom is 0.287 e. The van der Waals surface area contributed by atoms with Crippen molar-refractivity contribution in [2.45, 2.75) is 46.4 Å². The summed E-state index contributed by atoms with van der Waals surface area (Å²) in [6, 6.07) is 27.5. The van der Waals surface area contributed by atoms with Gasteiger partial charge in [0.2, 0.25) is 5.91 Å². The molecule has 3 aromatic carbocycles. The Labute approximate surface area is 229 Å². The van der Waals surface area contributed by atoms with Gasteiger partial charge in [-0.05, 0) is 59.9 Å². The number of amides is 2. The van der Waals surface area contributed by atoms with Gasteiger partial charge in [0.05, 0.1) is 6.04 Å². The quantitative estimate of drug-likeness (QED) is 0.298. The summed E-state index contributed by atoms with van der Waals surface area (Å²) >= 11 is 0. The molecule has 2 heterocycles. The van der Waals surface area contributed by atoms with E-state index in [2.05, 4.69) is 23.5 Å². The second-order valence-electron chi connectivity index (χ2n) is 10.3. The van der Waals surface area contributed by atoms with E-state index in [9.17, 15) is 9.59 Å². The van der Waals surface area contributed by atoms with Crippen molar-refractivity contribution in [1.82, 2.24) is 10.2 Å². The van der Waals surface area contributed by atoms with E-state index < -0.39 is 0 Å². The van der Waals surface area contributed by atoms with Crippen LogP contribution in [0.4, 0.5) is 0 Å². The fourth-order valence-electron chi connectivity index (χ4n) is 5.07. The van der Waals surface area contributed by atoms with E-state index in [-0.39, 0.29) is 36.1 Å². The number of aryl methyl sites for hydroxylation is 1. The Morgan fingerprint density at radius 2 is 1.82 bits per heavy atom. The lowest BCUT2D eigenvalue weighted by Gasteiger charge is -2.39. The van der Waals surface area contributed by atoms with Gasteiger partial charge in [-0.25, -0.2) is 0 Å². The molecular formula is C33H34N2O4. The average Bonchev–Trinajstić information content (AvgIpc) is 3.43. The highest BCUT2D eigenvalue weighted by Gasteiger charge is 2.33. The normalized spacial score (nSPS) is 14.7. The van der Waals surface area contributed by atoms with Gasteiger partial charge in [0.15, 0.2) is 5.76 Å². The van der Waals surface area contributed by atoms with Gasteiger partial charge in [-0.15, -0.1) is 0 Å². The summed E-state index contributed by atoms with van der Waals surface area (Å²) in [5, 5.41) is 2.90. The smallest absolute Gasteiger partial charge is 0.287 e. The fraction of sp³-hybridized carbons (Fsp3) is 0.273. The van der Waals surface area contributed by atoms with E-state index in [1.807, 2.05) is 80.3 Å². The van der Waals surface area contributed by atoms with Crippen LogP contribution in [0.2, 0.25) is 0 Å². The number of nitrogens with one attached hydrogen (secondary N) is 1. The molecule has 1 atom stereocenters. The Balaban J connectivity index is 1.29. The van der Waals surface area contributed by atoms with Crippen LogP contribution in [-0.2, 0) is 24.4 Å². The Kier molecular flexibility index (Phi) is 7.82. The molecule has 0 saturated heterocycles. The molecule has 1 unspecified atom stereocenters. The first-order chi connectivity index (χ1) is 18.9. The molecule has 0 bridgehead atoms. The monoisotopic (exact) mass is 522 g/mol. The largest absolute Gasteiger partial charge is 0.486 e. The van der Waals surface area contributed by atoms with Crippen molar-refractivity contribution in [2.75, 3.05) is 6.54 Å². The molecule has 0 spiro atoms. The molecular weight excluding hydrogens is 488 g/mol. The van der Waals surface area contributed by atoms with Gasteiger partial charge in [0.25, 0.3) is 5.91 Å². The van der Waals surface area contributed by atoms with E-state index >= 15 is 0 Å². The number of hydrogen-bond acceptors (Lipinski definition) is 4. The number of carbonyl (C=O) groups is 2. The van der Waals surface area contributed by atoms with Crippen molar-refractivity contribution in [3.05, 3.63) is 124 Å². The standard InChI is InChI=1S/C33H34N2O4/c1-22(2)33(37)35-17-16-25-12-13-27(19-29(25)31(35)26-10-5-4-6-11-26)38-21-28-14-15-30(39-28)32(36)34-20-24-9-7-8-23(3)18-24/h4-15,18-19,22,31H,16-17,20-21H2,1-3H3,(H,34,36). The number of benzene rings is 3. The van der Waals surface area contributed by atoms with Crippen molar-refractivity contribution in [1.29, 1.82) is 0 Å². The summed E-state index contributed by atoms with van der Waals surface area (Å²) < 4.78 is 11.9. The second-order valence-corrected chi connectivity index (χ2v) is 10.3. The lowest BCUT2D eigenvalue weighted by Crippen LogP contribution is -2.42. The summed E-state index contributed by atoms with van der Waals surface area (Å²) in [4.78, 5) is 27.7. The first kappa shape index (κ1) is 26.3. The molecule has 6 nitrogen and oxygen atoms in total. The van der Waals surface area contributed by atoms with Gasteiger partial charge in [-0.3, -0.25) is 9.59 Å². The first-order valence-corrected chi connectivity index (χ1v) is 13.4. The third-order valence-corrected chi connectivity index (χ3v) is 7.04. The lowest BCUT2D eigenvalue weighted by atomic mass is 9.87. The summed E-state index contributed by atoms with van der Waals surface area (Å²) in [6.07, 6.45) is 0.802. The number of furan rings is 1. The molecule has 5 rings (SSSR count). The van der Waals surface area contributed by atoms with E-state index in [0.29, 0.717) is 24.6 Å². The number of rotatable bonds is 8. The van der Waals surface area contributed by atoms with Gasteiger partial charge in [-0.2, -0.15) is 0 Å². The van der Waals surface area contributed by atoms with Gasteiger partial charge in [0, 0.05) is 19.0 Å². The minimum Gasteiger partial charge on any atom is -0.486 e. The van der Waals surface area contributed by atoms with E-state index in [1.165, 1.54) is 5.56 Å². The number of ether oxygens (including phenoxy) is 1. The van der Waals surface area contributed by atoms with Crippen molar-refractivity contribution in [3.63, 3.8) is 0 Å². The Morgan fingerprint density at radius 3 is 2.59 bits per heavy atom. The maximum absolute atomic E-state index is 13.1. The van der Waals surface area contributed by atoms with Gasteiger partial charge >= 0.3 is 0 Å². The molecule has 4 aromatic rings. The van der Waals surface area contributed by atoms with Crippen molar-refractivity contribution in [3.8, 4) is 5.75 Å². The Hall–Kier alpha value is -4.32. The molecule has 0 saturated carbocycles. The molecule has 2 amide bonds. The van der Waals surface area contributed by atoms with Crippen LogP contribution < -0.4 is 10.1 Å². The van der Waals surface area contributed by atoms with Gasteiger partial charge < -0.3 is 19.4 Å². The molecule has 6 heteroatoms. The van der Waals surface area contributed by atoms with E-state index in [0.717, 1.165) is 28.7 Å². The van der Waals surface area contributed by atoms with Gasteiger partial charge in [0.1, 0.15) is 18.1 Å². The van der Waals surface area contributed by atoms with Crippen LogP contribution in [0.15, 0.2) is 89.3 Å². The number of nitrogens with zero attached hydrogens (tertiary/aromatic N) is 1. The zero-order valence-corrected chi connectivity index (χ0v) is 22.6. The van der Waals surface area contributed by atoms with E-state index in [4.69, 9.17) is 9.15 Å². The van der Waals surface area contributed by atoms with Crippen LogP contribution in [0.25, 0.3) is 0 Å². The Bertz CT molecular complexity index is 1460. The first-order valence-electron chi connectivity index (χ1n) is 13.4. The summed E-state index contributed by atoms with van der Waals surface area (Å²) in [5.74, 6) is 1.29. The fourth-order valence-corrected chi connectivity index (χ4v) is 5.07. The molecule has 1 aromatic heterocycles. The molecule has 1 aliphatic rings. The van der Waals surface area contributed by atoms with E-state index in [1.54, 1.807) is 12.1 Å². The predicted octanol–water partition coefficient (Wildman–Crippen LogP) is 6.23. The molecule has 0 radical (unpaired) electrons. The van der Waals surface area contributed by atoms with Crippen molar-refractivity contribution in [2.24, 2.45) is 5.92 Å². The average molecular weight is 523 g/mol. The highest BCUT2D eigenvalue weighted by molar-refractivity contribution is 5.91. The highest BCUT2D eigenvalue weighted by Crippen LogP contribution is 2.38. The van der Waals surface area contributed by atoms with Crippen LogP contribution >= 0.6 is 0 Å². The maximum atomic E-state index is 13.1. The topological polar surface area (TPSA) is 71.8 Å². The zero-order valence-electron chi connectivity index (χ0n) is 22.6. The Morgan fingerprint density at radius 1 is 1.00 bits per heavy atom. The molecule has 0 fully saturated rings. The molecule has 1 aliphatic heterocycles. The summed E-state index contributed by atoms with van der Waals surface area (Å²) in [6.45, 7) is 7.22. The lowest BCUT2D eigenvalue weighted by molar-refractivity contribution is -0.136. The van der Waals surface area contributed by atoms with Gasteiger partial charge in [-0.1, -0.05) is 80.1 Å². The SMILES string of the molecule is Cc1cccc(CNC(=O)c2ccc(COc3ccc4c(c3)C(c3ccccc3)N(C(=O)C(C)C)CC4)o2)c1. The minimum atomic E-state index is -0.267. The predicted molar refractivity (Wildman–Crippen MR) is 150 cm³/mol. The number of fused-ring (bicyclic) bond motifs is 1. The second kappa shape index (κ2) is 11.6. The van der Waals surface area contributed by atoms with Crippen LogP contribution in [0, 0.1) is 12.8 Å². The summed E-state index contributed by atoms with van der Waals surface area (Å²) in [7, 11) is 0. The third kappa shape index (κ3) is 6.06. The zero-order chi connectivity index (χ0) is 27.4. The highest BCUT2D eigenvalue weighted by atomic mass is 16.5. The third-order valence-electron chi connectivity index (χ3n) is 7.04. The molecule has 39 heavy (non-hydrogen) atoms. The molecule has 200 valence electrons. The van der Waals surface area contributed by atoms with Crippen LogP contribution in [0.1, 0.15) is 64.0 Å². The van der Waals surface area contributed by atoms with Crippen LogP contribution in [0.5, 0.6) is 5.75 Å². The minimum absolute atomic E-state index is 0.0839. The summed E-state index contributed by atoms with van der Waals surface area (Å²) in [5.41, 5.74) is 5.56. The molecule has 0 aliphatic carbocycles. The van der Waals surface area contributed by atoms with Crippen LogP contribution in [-0.4, -0.2) is 23.3 Å². The number of carbonyl (C=O) groups excluding carboxylic acids is 2. The molecule has 1 N–H and O–H groups in total. The van der Waals surface area contributed by atoms with Crippen molar-refractivity contribution >= 4 is 11.8 Å². The number of hydrogen-bond donors (Lipinski definition) is 1. The van der Waals surface area contributed by atoms with Crippen molar-refractivity contribution < 1.29 is 18.7 Å².